The topological polar surface area (TPSA) is 84.7 Å². The summed E-state index contributed by atoms with van der Waals surface area (Å²) in [6.07, 6.45) is 0. The summed E-state index contributed by atoms with van der Waals surface area (Å²) in [5.41, 5.74) is 5.85. The van der Waals surface area contributed by atoms with Gasteiger partial charge in [0, 0.05) is 5.56 Å². The van der Waals surface area contributed by atoms with Crippen LogP contribution in [0.15, 0.2) is 16.6 Å². The van der Waals surface area contributed by atoms with Crippen LogP contribution in [0.2, 0.25) is 0 Å². The molecule has 0 aliphatic carbocycles. The molecule has 5 nitrogen and oxygen atoms in total. The van der Waals surface area contributed by atoms with E-state index in [4.69, 9.17) is 5.73 Å². The van der Waals surface area contributed by atoms with Crippen molar-refractivity contribution in [3.05, 3.63) is 31.7 Å². The Hall–Kier alpha value is -1.03. The number of halogens is 3. The van der Waals surface area contributed by atoms with Crippen molar-refractivity contribution in [2.75, 3.05) is 0 Å². The molecule has 2 rings (SSSR count). The van der Waals surface area contributed by atoms with Crippen LogP contribution in [0.3, 0.4) is 0 Å². The lowest BCUT2D eigenvalue weighted by molar-refractivity contribution is 0.0996. The first-order valence-corrected chi connectivity index (χ1v) is 6.24. The lowest BCUT2D eigenvalue weighted by atomic mass is 10.1. The van der Waals surface area contributed by atoms with Crippen molar-refractivity contribution in [2.45, 2.75) is 0 Å². The monoisotopic (exact) mass is 410 g/mol. The molecule has 0 radical (unpaired) electrons. The highest BCUT2D eigenvalue weighted by molar-refractivity contribution is 14.1. The SMILES string of the molecule is NC(=O)c1n[nH]nc1-c1ccc(Br)c(F)c1I. The van der Waals surface area contributed by atoms with E-state index in [2.05, 4.69) is 31.3 Å². The molecule has 0 bridgehead atoms. The van der Waals surface area contributed by atoms with Crippen molar-refractivity contribution in [1.82, 2.24) is 15.4 Å². The zero-order valence-corrected chi connectivity index (χ0v) is 11.9. The predicted molar refractivity (Wildman–Crippen MR) is 70.7 cm³/mol. The van der Waals surface area contributed by atoms with Gasteiger partial charge in [0.25, 0.3) is 5.91 Å². The first kappa shape index (κ1) is 12.4. The van der Waals surface area contributed by atoms with Crippen molar-refractivity contribution in [2.24, 2.45) is 5.73 Å². The molecule has 8 heteroatoms. The van der Waals surface area contributed by atoms with Gasteiger partial charge in [-0.25, -0.2) is 4.39 Å². The molecule has 0 atom stereocenters. The summed E-state index contributed by atoms with van der Waals surface area (Å²) in [6.45, 7) is 0. The molecule has 1 amide bonds. The number of nitrogens with one attached hydrogen (secondary N) is 1. The third-order valence-corrected chi connectivity index (χ3v) is 3.74. The summed E-state index contributed by atoms with van der Waals surface area (Å²) in [5.74, 6) is -1.13. The smallest absolute Gasteiger partial charge is 0.271 e. The third kappa shape index (κ3) is 2.18. The quantitative estimate of drug-likeness (QED) is 0.587. The molecule has 0 fully saturated rings. The van der Waals surface area contributed by atoms with Crippen molar-refractivity contribution >= 4 is 44.4 Å². The molecule has 88 valence electrons. The number of rotatable bonds is 2. The zero-order valence-electron chi connectivity index (χ0n) is 8.17. The van der Waals surface area contributed by atoms with E-state index >= 15 is 0 Å². The maximum atomic E-state index is 13.7. The van der Waals surface area contributed by atoms with Gasteiger partial charge in [-0.15, -0.1) is 0 Å². The Bertz CT molecular complexity index is 601. The average Bonchev–Trinajstić information content (AvgIpc) is 2.75. The molecule has 0 spiro atoms. The van der Waals surface area contributed by atoms with Crippen LogP contribution in [0, 0.1) is 9.39 Å². The zero-order chi connectivity index (χ0) is 12.6. The van der Waals surface area contributed by atoms with Crippen LogP contribution in [0.1, 0.15) is 10.5 Å². The summed E-state index contributed by atoms with van der Waals surface area (Å²) >= 11 is 4.91. The molecule has 0 aliphatic heterocycles. The fourth-order valence-electron chi connectivity index (χ4n) is 1.30. The van der Waals surface area contributed by atoms with Gasteiger partial charge < -0.3 is 5.73 Å². The second kappa shape index (κ2) is 4.69. The van der Waals surface area contributed by atoms with Crippen LogP contribution >= 0.6 is 38.5 Å². The maximum Gasteiger partial charge on any atom is 0.271 e. The van der Waals surface area contributed by atoms with E-state index in [1.165, 1.54) is 6.07 Å². The van der Waals surface area contributed by atoms with E-state index in [-0.39, 0.29) is 11.4 Å². The van der Waals surface area contributed by atoms with E-state index in [0.717, 1.165) is 0 Å². The number of nitrogens with two attached hydrogens (primary N) is 1. The summed E-state index contributed by atoms with van der Waals surface area (Å²) in [6, 6.07) is 3.17. The number of aromatic amines is 1. The van der Waals surface area contributed by atoms with E-state index in [1.807, 2.05) is 22.6 Å². The normalized spacial score (nSPS) is 10.5. The van der Waals surface area contributed by atoms with Crippen LogP contribution in [-0.2, 0) is 0 Å². The Kier molecular flexibility index (Phi) is 3.43. The molecule has 1 aromatic carbocycles. The van der Waals surface area contributed by atoms with E-state index in [9.17, 15) is 9.18 Å². The van der Waals surface area contributed by atoms with Crippen molar-refractivity contribution in [3.8, 4) is 11.3 Å². The molecule has 1 heterocycles. The highest BCUT2D eigenvalue weighted by Gasteiger charge is 2.19. The van der Waals surface area contributed by atoms with Gasteiger partial charge >= 0.3 is 0 Å². The molecule has 0 unspecified atom stereocenters. The van der Waals surface area contributed by atoms with Crippen LogP contribution in [0.5, 0.6) is 0 Å². The van der Waals surface area contributed by atoms with Crippen LogP contribution < -0.4 is 5.73 Å². The fourth-order valence-corrected chi connectivity index (χ4v) is 2.73. The molecular formula is C9H5BrFIN4O. The second-order valence-corrected chi connectivity index (χ2v) is 5.04. The highest BCUT2D eigenvalue weighted by atomic mass is 127. The minimum atomic E-state index is -0.715. The number of aromatic nitrogens is 3. The largest absolute Gasteiger partial charge is 0.364 e. The Morgan fingerprint density at radius 2 is 2.18 bits per heavy atom. The molecule has 0 aliphatic rings. The van der Waals surface area contributed by atoms with Crippen molar-refractivity contribution in [3.63, 3.8) is 0 Å². The predicted octanol–water partition coefficient (Wildman–Crippen LogP) is 2.08. The highest BCUT2D eigenvalue weighted by Crippen LogP contribution is 2.30. The van der Waals surface area contributed by atoms with Crippen molar-refractivity contribution in [1.29, 1.82) is 0 Å². The molecule has 0 saturated carbocycles. The van der Waals surface area contributed by atoms with E-state index < -0.39 is 11.7 Å². The van der Waals surface area contributed by atoms with Gasteiger partial charge in [-0.2, -0.15) is 15.4 Å². The molecule has 3 N–H and O–H groups in total. The number of primary amides is 1. The Morgan fingerprint density at radius 3 is 2.82 bits per heavy atom. The summed E-state index contributed by atoms with van der Waals surface area (Å²) < 4.78 is 14.4. The van der Waals surface area contributed by atoms with Gasteiger partial charge in [0.15, 0.2) is 11.5 Å². The standard InChI is InChI=1S/C9H5BrFIN4O/c10-4-2-1-3(6(12)5(4)11)7-8(9(13)17)15-16-14-7/h1-2H,(H2,13,17)(H,14,15,16). The van der Waals surface area contributed by atoms with Crippen LogP contribution in [-0.4, -0.2) is 21.3 Å². The molecule has 1 aromatic heterocycles. The van der Waals surface area contributed by atoms with E-state index in [0.29, 0.717) is 13.6 Å². The molecule has 0 saturated heterocycles. The first-order chi connectivity index (χ1) is 8.02. The number of amides is 1. The Labute approximate surface area is 117 Å². The van der Waals surface area contributed by atoms with Crippen LogP contribution in [0.4, 0.5) is 4.39 Å². The number of hydrogen-bond acceptors (Lipinski definition) is 3. The minimum Gasteiger partial charge on any atom is -0.364 e. The number of nitrogens with zero attached hydrogens (tertiary/aromatic N) is 2. The third-order valence-electron chi connectivity index (χ3n) is 2.07. The number of H-pyrrole nitrogens is 1. The van der Waals surface area contributed by atoms with Gasteiger partial charge in [-0.1, -0.05) is 6.07 Å². The summed E-state index contributed by atoms with van der Waals surface area (Å²) in [5, 5.41) is 9.75. The Morgan fingerprint density at radius 1 is 1.47 bits per heavy atom. The van der Waals surface area contributed by atoms with Gasteiger partial charge in [-0.3, -0.25) is 4.79 Å². The van der Waals surface area contributed by atoms with Gasteiger partial charge in [0.1, 0.15) is 5.69 Å². The number of carbonyl (C=O) groups is 1. The molecular weight excluding hydrogens is 406 g/mol. The van der Waals surface area contributed by atoms with Crippen LogP contribution in [0.25, 0.3) is 11.3 Å². The maximum absolute atomic E-state index is 13.7. The average molecular weight is 411 g/mol. The van der Waals surface area contributed by atoms with Crippen molar-refractivity contribution < 1.29 is 9.18 Å². The fraction of sp³-hybridized carbons (Fsp3) is 0. The van der Waals surface area contributed by atoms with Gasteiger partial charge in [-0.05, 0) is 44.6 Å². The number of hydrogen-bond donors (Lipinski definition) is 2. The lowest BCUT2D eigenvalue weighted by Gasteiger charge is -2.04. The van der Waals surface area contributed by atoms with Gasteiger partial charge in [0.2, 0.25) is 0 Å². The lowest BCUT2D eigenvalue weighted by Crippen LogP contribution is -2.13. The second-order valence-electron chi connectivity index (χ2n) is 3.11. The summed E-state index contributed by atoms with van der Waals surface area (Å²) in [4.78, 5) is 11.1. The number of benzene rings is 1. The molecule has 17 heavy (non-hydrogen) atoms. The molecule has 2 aromatic rings. The van der Waals surface area contributed by atoms with Gasteiger partial charge in [0.05, 0.1) is 8.04 Å². The number of carbonyl (C=O) groups excluding carboxylic acids is 1. The first-order valence-electron chi connectivity index (χ1n) is 4.36. The Balaban J connectivity index is 2.65. The summed E-state index contributed by atoms with van der Waals surface area (Å²) in [7, 11) is 0. The van der Waals surface area contributed by atoms with E-state index in [1.54, 1.807) is 6.07 Å². The minimum absolute atomic E-state index is 0.00959.